The van der Waals surface area contributed by atoms with Crippen LogP contribution >= 0.6 is 34.8 Å². The highest BCUT2D eigenvalue weighted by Crippen LogP contribution is 2.62. The zero-order valence-electron chi connectivity index (χ0n) is 5.52. The van der Waals surface area contributed by atoms with Crippen LogP contribution in [0.3, 0.4) is 0 Å². The maximum Gasteiger partial charge on any atom is 0.367 e. The van der Waals surface area contributed by atoms with E-state index in [1.165, 1.54) is 0 Å². The minimum Gasteiger partial charge on any atom is -0.213 e. The fraction of sp³-hybridized carbons (Fsp3) is 0.600. The summed E-state index contributed by atoms with van der Waals surface area (Å²) in [4.78, 5) is 0. The molecule has 0 aromatic heterocycles. The van der Waals surface area contributed by atoms with Gasteiger partial charge in [0.25, 0.3) is 5.13 Å². The highest BCUT2D eigenvalue weighted by Gasteiger charge is 2.78. The minimum absolute atomic E-state index is 1.58. The van der Waals surface area contributed by atoms with Crippen LogP contribution in [0.5, 0.6) is 0 Å². The van der Waals surface area contributed by atoms with E-state index in [4.69, 9.17) is 23.2 Å². The van der Waals surface area contributed by atoms with Gasteiger partial charge in [-0.3, -0.25) is 0 Å². The summed E-state index contributed by atoms with van der Waals surface area (Å²) in [6.45, 7) is 0. The average molecular weight is 261 g/mol. The van der Waals surface area contributed by atoms with Gasteiger partial charge in [0.15, 0.2) is 0 Å². The summed E-state index contributed by atoms with van der Waals surface area (Å²) in [6, 6.07) is 0. The van der Waals surface area contributed by atoms with Crippen molar-refractivity contribution in [3.63, 3.8) is 0 Å². The van der Waals surface area contributed by atoms with Crippen LogP contribution in [0.25, 0.3) is 0 Å². The van der Waals surface area contributed by atoms with Crippen molar-refractivity contribution in [2.75, 3.05) is 0 Å². The van der Waals surface area contributed by atoms with Gasteiger partial charge < -0.3 is 0 Å². The number of halogens is 8. The van der Waals surface area contributed by atoms with Crippen LogP contribution in [0.1, 0.15) is 0 Å². The van der Waals surface area contributed by atoms with Crippen molar-refractivity contribution >= 4 is 34.8 Å². The van der Waals surface area contributed by atoms with Gasteiger partial charge in [0.1, 0.15) is 5.03 Å². The van der Waals surface area contributed by atoms with Gasteiger partial charge in [0, 0.05) is 0 Å². The average Bonchev–Trinajstić information content (AvgIpc) is 2.05. The highest BCUT2D eigenvalue weighted by molar-refractivity contribution is 6.46. The normalized spacial score (nSPS) is 36.9. The van der Waals surface area contributed by atoms with Gasteiger partial charge >= 0.3 is 11.8 Å². The second-order valence-electron chi connectivity index (χ2n) is 2.35. The number of alkyl halides is 6. The van der Waals surface area contributed by atoms with Gasteiger partial charge in [-0.05, 0) is 0 Å². The molecule has 0 aromatic carbocycles. The molecule has 0 heterocycles. The largest absolute Gasteiger partial charge is 0.367 e. The molecule has 0 aliphatic heterocycles. The summed E-state index contributed by atoms with van der Waals surface area (Å²) in [5.74, 6) is -10.0. The number of hydrogen-bond acceptors (Lipinski definition) is 0. The third-order valence-electron chi connectivity index (χ3n) is 1.53. The molecule has 1 rings (SSSR count). The lowest BCUT2D eigenvalue weighted by molar-refractivity contribution is -0.205. The van der Waals surface area contributed by atoms with Crippen molar-refractivity contribution in [1.82, 2.24) is 0 Å². The van der Waals surface area contributed by atoms with Crippen molar-refractivity contribution in [2.45, 2.75) is 17.0 Å². The maximum absolute atomic E-state index is 12.8. The number of hydrogen-bond donors (Lipinski definition) is 0. The summed E-state index contributed by atoms with van der Waals surface area (Å²) >= 11 is 14.0. The van der Waals surface area contributed by atoms with E-state index in [2.05, 4.69) is 11.6 Å². The van der Waals surface area contributed by atoms with Gasteiger partial charge in [0.2, 0.25) is 0 Å². The van der Waals surface area contributed by atoms with Crippen LogP contribution in [0.4, 0.5) is 22.0 Å². The molecule has 8 heteroatoms. The van der Waals surface area contributed by atoms with Crippen molar-refractivity contribution in [2.24, 2.45) is 0 Å². The predicted octanol–water partition coefficient (Wildman–Crippen LogP) is 3.86. The topological polar surface area (TPSA) is 0 Å². The molecule has 0 unspecified atom stereocenters. The lowest BCUT2D eigenvalue weighted by Crippen LogP contribution is -2.48. The van der Waals surface area contributed by atoms with E-state index in [0.29, 0.717) is 0 Å². The van der Waals surface area contributed by atoms with Crippen LogP contribution in [-0.2, 0) is 0 Å². The Labute approximate surface area is 84.2 Å². The Hall–Kier alpha value is 0.260. The van der Waals surface area contributed by atoms with E-state index in [-0.39, 0.29) is 0 Å². The molecule has 0 bridgehead atoms. The molecule has 0 fully saturated rings. The second kappa shape index (κ2) is 2.64. The maximum atomic E-state index is 12.8. The smallest absolute Gasteiger partial charge is 0.213 e. The van der Waals surface area contributed by atoms with E-state index in [1.54, 1.807) is 0 Å². The second-order valence-corrected chi connectivity index (χ2v) is 3.63. The summed E-state index contributed by atoms with van der Waals surface area (Å²) in [6.07, 6.45) is 0. The molecule has 76 valence electrons. The van der Waals surface area contributed by atoms with Crippen molar-refractivity contribution in [3.8, 4) is 0 Å². The van der Waals surface area contributed by atoms with Crippen LogP contribution in [0, 0.1) is 0 Å². The Morgan fingerprint density at radius 3 is 1.31 bits per heavy atom. The first-order valence-corrected chi connectivity index (χ1v) is 3.90. The summed E-state index contributed by atoms with van der Waals surface area (Å²) < 4.78 is 62.9. The first kappa shape index (κ1) is 11.3. The minimum atomic E-state index is -5.14. The van der Waals surface area contributed by atoms with Crippen LogP contribution in [-0.4, -0.2) is 17.0 Å². The summed E-state index contributed by atoms with van der Waals surface area (Å²) in [5.41, 5.74) is 0. The van der Waals surface area contributed by atoms with Crippen LogP contribution in [0.2, 0.25) is 0 Å². The molecule has 0 amide bonds. The van der Waals surface area contributed by atoms with E-state index in [0.717, 1.165) is 0 Å². The fourth-order valence-electron chi connectivity index (χ4n) is 0.749. The molecular weight excluding hydrogens is 261 g/mol. The Bertz CT molecular complexity index is 256. The lowest BCUT2D eigenvalue weighted by atomic mass is 10.2. The van der Waals surface area contributed by atoms with Gasteiger partial charge in [-0.2, -0.15) is 17.6 Å². The first-order valence-electron chi connectivity index (χ1n) is 2.76. The molecule has 1 aliphatic rings. The molecular formula is C5Cl3F5. The third-order valence-corrected chi connectivity index (χ3v) is 3.03. The van der Waals surface area contributed by atoms with Crippen molar-refractivity contribution in [3.05, 3.63) is 10.1 Å². The highest BCUT2D eigenvalue weighted by atomic mass is 35.5. The molecule has 0 saturated carbocycles. The monoisotopic (exact) mass is 260 g/mol. The van der Waals surface area contributed by atoms with Crippen LogP contribution < -0.4 is 0 Å². The molecule has 0 nitrogen and oxygen atoms in total. The summed E-state index contributed by atoms with van der Waals surface area (Å²) in [5, 5.41) is -7.49. The zero-order chi connectivity index (χ0) is 10.7. The first-order chi connectivity index (χ1) is 5.57. The van der Waals surface area contributed by atoms with Gasteiger partial charge in [0.05, 0.1) is 5.03 Å². The fourth-order valence-corrected chi connectivity index (χ4v) is 1.50. The van der Waals surface area contributed by atoms with Crippen molar-refractivity contribution in [1.29, 1.82) is 0 Å². The quantitative estimate of drug-likeness (QED) is 0.459. The number of rotatable bonds is 0. The Morgan fingerprint density at radius 2 is 1.23 bits per heavy atom. The van der Waals surface area contributed by atoms with Crippen LogP contribution in [0.15, 0.2) is 10.1 Å². The molecule has 0 spiro atoms. The van der Waals surface area contributed by atoms with E-state index < -0.39 is 27.0 Å². The molecule has 0 aromatic rings. The Balaban J connectivity index is 3.39. The molecule has 0 N–H and O–H groups in total. The molecule has 1 aliphatic carbocycles. The summed E-state index contributed by atoms with van der Waals surface area (Å²) in [7, 11) is 0. The van der Waals surface area contributed by atoms with E-state index in [1.807, 2.05) is 0 Å². The van der Waals surface area contributed by atoms with E-state index >= 15 is 0 Å². The zero-order valence-corrected chi connectivity index (χ0v) is 7.79. The Kier molecular flexibility index (Phi) is 2.30. The standard InChI is InChI=1S/C5Cl3F5/c6-1-2(7)4(10,11)5(12,13)3(1,8)9/t3-/m1/s1. The molecule has 0 radical (unpaired) electrons. The Morgan fingerprint density at radius 1 is 0.846 bits per heavy atom. The van der Waals surface area contributed by atoms with E-state index in [9.17, 15) is 22.0 Å². The molecule has 13 heavy (non-hydrogen) atoms. The van der Waals surface area contributed by atoms with Gasteiger partial charge in [-0.1, -0.05) is 34.8 Å². The number of allylic oxidation sites excluding steroid dienone is 2. The SMILES string of the molecule is FC1(F)C(Cl)=C(Cl)[C@](F)(Cl)C1(F)F. The lowest BCUT2D eigenvalue weighted by Gasteiger charge is -2.25. The predicted molar refractivity (Wildman–Crippen MR) is 38.3 cm³/mol. The molecule has 0 saturated heterocycles. The van der Waals surface area contributed by atoms with Crippen molar-refractivity contribution < 1.29 is 22.0 Å². The molecule has 1 atom stereocenters. The van der Waals surface area contributed by atoms with Gasteiger partial charge in [-0.25, -0.2) is 4.39 Å². The van der Waals surface area contributed by atoms with Gasteiger partial charge in [-0.15, -0.1) is 0 Å². The third kappa shape index (κ3) is 1.10.